The predicted molar refractivity (Wildman–Crippen MR) is 175 cm³/mol. The zero-order valence-electron chi connectivity index (χ0n) is 26.3. The van der Waals surface area contributed by atoms with Crippen LogP contribution in [0, 0.1) is 16.0 Å². The Kier molecular flexibility index (Phi) is 10.3. The Balaban J connectivity index is 1.25. The molecule has 2 unspecified atom stereocenters. The minimum atomic E-state index is -1.07. The number of aliphatic imine (C=N–C) groups is 1. The van der Waals surface area contributed by atoms with E-state index in [0.717, 1.165) is 32.5 Å². The van der Waals surface area contributed by atoms with E-state index in [1.807, 2.05) is 0 Å². The van der Waals surface area contributed by atoms with Crippen molar-refractivity contribution < 1.29 is 24.0 Å². The summed E-state index contributed by atoms with van der Waals surface area (Å²) in [7, 11) is 0. The van der Waals surface area contributed by atoms with Crippen LogP contribution < -0.4 is 5.73 Å². The SMILES string of the molecule is CCOC(=O)C1C(N)=NC(C)=C(C(=O)OCCCN2CCC(c3ccccc3)(c3ccccc3)CC2)C1c1ccc([N+](=O)[O-])cc1. The summed E-state index contributed by atoms with van der Waals surface area (Å²) in [6.45, 7) is 6.23. The summed E-state index contributed by atoms with van der Waals surface area (Å²) in [6, 6.07) is 27.1. The Morgan fingerprint density at radius 1 is 0.957 bits per heavy atom. The molecule has 2 N–H and O–H groups in total. The van der Waals surface area contributed by atoms with Gasteiger partial charge < -0.3 is 20.1 Å². The predicted octanol–water partition coefficient (Wildman–Crippen LogP) is 5.52. The molecule has 0 saturated carbocycles. The smallest absolute Gasteiger partial charge is 0.336 e. The molecule has 1 fully saturated rings. The number of nitro benzene ring substituents is 1. The van der Waals surface area contributed by atoms with E-state index in [0.29, 0.717) is 17.7 Å². The molecule has 3 aromatic rings. The van der Waals surface area contributed by atoms with Gasteiger partial charge in [-0.15, -0.1) is 0 Å². The fourth-order valence-electron chi connectivity index (χ4n) is 6.76. The monoisotopic (exact) mass is 624 g/mol. The number of non-ortho nitro benzene ring substituents is 1. The van der Waals surface area contributed by atoms with Gasteiger partial charge in [0, 0.05) is 30.0 Å². The van der Waals surface area contributed by atoms with Gasteiger partial charge in [0.15, 0.2) is 0 Å². The molecule has 2 atom stereocenters. The number of esters is 2. The standard InChI is InChI=1S/C36H40N4O6/c1-3-45-35(42)32-31(26-15-17-29(18-16-26)40(43)44)30(25(2)38-33(32)37)34(41)46-24-10-21-39-22-19-36(20-23-39,27-11-6-4-7-12-27)28-13-8-5-9-14-28/h4-9,11-18,31-32H,3,10,19-24H2,1-2H3,(H2,37,38). The van der Waals surface area contributed by atoms with Gasteiger partial charge in [-0.3, -0.25) is 14.9 Å². The Morgan fingerprint density at radius 3 is 2.09 bits per heavy atom. The number of ether oxygens (including phenoxy) is 2. The van der Waals surface area contributed by atoms with Crippen LogP contribution in [0.15, 0.2) is 101 Å². The maximum absolute atomic E-state index is 13.6. The number of likely N-dealkylation sites (tertiary alicyclic amines) is 1. The Bertz CT molecular complexity index is 1550. The highest BCUT2D eigenvalue weighted by molar-refractivity contribution is 6.06. The number of allylic oxidation sites excluding steroid dienone is 1. The number of nitrogens with zero attached hydrogens (tertiary/aromatic N) is 3. The lowest BCUT2D eigenvalue weighted by Gasteiger charge is -2.43. The first kappa shape index (κ1) is 32.6. The van der Waals surface area contributed by atoms with E-state index in [2.05, 4.69) is 70.6 Å². The average molecular weight is 625 g/mol. The number of rotatable bonds is 11. The van der Waals surface area contributed by atoms with Crippen LogP contribution in [-0.4, -0.2) is 60.4 Å². The van der Waals surface area contributed by atoms with Crippen LogP contribution in [0.5, 0.6) is 0 Å². The quantitative estimate of drug-likeness (QED) is 0.127. The number of carbonyl (C=O) groups is 2. The summed E-state index contributed by atoms with van der Waals surface area (Å²) in [5, 5.41) is 11.3. The fourth-order valence-corrected chi connectivity index (χ4v) is 6.76. The van der Waals surface area contributed by atoms with Crippen molar-refractivity contribution in [3.05, 3.63) is 123 Å². The topological polar surface area (TPSA) is 137 Å². The molecule has 2 aliphatic heterocycles. The molecule has 5 rings (SSSR count). The molecule has 1 saturated heterocycles. The van der Waals surface area contributed by atoms with E-state index in [1.54, 1.807) is 13.8 Å². The van der Waals surface area contributed by atoms with Gasteiger partial charge in [-0.1, -0.05) is 72.8 Å². The molecule has 46 heavy (non-hydrogen) atoms. The van der Waals surface area contributed by atoms with Gasteiger partial charge in [-0.2, -0.15) is 0 Å². The van der Waals surface area contributed by atoms with E-state index in [4.69, 9.17) is 15.2 Å². The minimum Gasteiger partial charge on any atom is -0.465 e. The number of hydrogen-bond acceptors (Lipinski definition) is 9. The Hall–Kier alpha value is -4.83. The third-order valence-corrected chi connectivity index (χ3v) is 9.09. The van der Waals surface area contributed by atoms with Gasteiger partial charge in [-0.25, -0.2) is 9.79 Å². The van der Waals surface area contributed by atoms with Crippen LogP contribution in [0.3, 0.4) is 0 Å². The van der Waals surface area contributed by atoms with Gasteiger partial charge in [0.05, 0.1) is 29.4 Å². The first-order valence-corrected chi connectivity index (χ1v) is 15.7. The molecule has 0 amide bonds. The number of nitrogens with two attached hydrogens (primary N) is 1. The summed E-state index contributed by atoms with van der Waals surface area (Å²) in [6.07, 6.45) is 2.60. The zero-order chi connectivity index (χ0) is 32.7. The molecular weight excluding hydrogens is 584 g/mol. The largest absolute Gasteiger partial charge is 0.465 e. The van der Waals surface area contributed by atoms with E-state index in [9.17, 15) is 19.7 Å². The van der Waals surface area contributed by atoms with Crippen molar-refractivity contribution in [2.75, 3.05) is 32.8 Å². The third-order valence-electron chi connectivity index (χ3n) is 9.09. The molecule has 0 aromatic heterocycles. The highest BCUT2D eigenvalue weighted by atomic mass is 16.6. The van der Waals surface area contributed by atoms with Crippen molar-refractivity contribution in [1.82, 2.24) is 4.90 Å². The first-order valence-electron chi connectivity index (χ1n) is 15.7. The van der Waals surface area contributed by atoms with Crippen molar-refractivity contribution >= 4 is 23.5 Å². The molecule has 0 bridgehead atoms. The Morgan fingerprint density at radius 2 is 1.54 bits per heavy atom. The van der Waals surface area contributed by atoms with Crippen molar-refractivity contribution in [3.63, 3.8) is 0 Å². The lowest BCUT2D eigenvalue weighted by Crippen LogP contribution is -2.43. The first-order chi connectivity index (χ1) is 22.2. The van der Waals surface area contributed by atoms with Crippen LogP contribution in [0.2, 0.25) is 0 Å². The molecular formula is C36H40N4O6. The fraction of sp³-hybridized carbons (Fsp3) is 0.361. The lowest BCUT2D eigenvalue weighted by molar-refractivity contribution is -0.384. The van der Waals surface area contributed by atoms with E-state index >= 15 is 0 Å². The van der Waals surface area contributed by atoms with Crippen molar-refractivity contribution in [1.29, 1.82) is 0 Å². The number of carbonyl (C=O) groups excluding carboxylic acids is 2. The van der Waals surface area contributed by atoms with Crippen LogP contribution >= 0.6 is 0 Å². The number of benzene rings is 3. The molecule has 2 aliphatic rings. The second-order valence-electron chi connectivity index (χ2n) is 11.7. The molecule has 2 heterocycles. The van der Waals surface area contributed by atoms with Gasteiger partial charge in [0.2, 0.25) is 0 Å². The van der Waals surface area contributed by atoms with Crippen molar-refractivity contribution in [3.8, 4) is 0 Å². The second-order valence-corrected chi connectivity index (χ2v) is 11.7. The summed E-state index contributed by atoms with van der Waals surface area (Å²) >= 11 is 0. The number of amidine groups is 1. The molecule has 10 heteroatoms. The van der Waals surface area contributed by atoms with Crippen LogP contribution in [0.4, 0.5) is 5.69 Å². The Labute approximate surface area is 269 Å². The van der Waals surface area contributed by atoms with Crippen LogP contribution in [0.25, 0.3) is 0 Å². The molecule has 0 radical (unpaired) electrons. The number of piperidine rings is 1. The summed E-state index contributed by atoms with van der Waals surface area (Å²) in [5.74, 6) is -3.15. The van der Waals surface area contributed by atoms with Crippen LogP contribution in [0.1, 0.15) is 55.7 Å². The third kappa shape index (κ3) is 6.87. The van der Waals surface area contributed by atoms with E-state index in [-0.39, 0.29) is 35.7 Å². The maximum Gasteiger partial charge on any atom is 0.336 e. The molecule has 240 valence electrons. The van der Waals surface area contributed by atoms with E-state index in [1.165, 1.54) is 35.4 Å². The van der Waals surface area contributed by atoms with Crippen molar-refractivity contribution in [2.45, 2.75) is 44.4 Å². The summed E-state index contributed by atoms with van der Waals surface area (Å²) < 4.78 is 11.0. The summed E-state index contributed by atoms with van der Waals surface area (Å²) in [5.41, 5.74) is 9.75. The van der Waals surface area contributed by atoms with Gasteiger partial charge in [0.1, 0.15) is 11.8 Å². The zero-order valence-corrected chi connectivity index (χ0v) is 26.3. The van der Waals surface area contributed by atoms with Gasteiger partial charge in [0.25, 0.3) is 5.69 Å². The normalized spacial score (nSPS) is 19.7. The van der Waals surface area contributed by atoms with E-state index < -0.39 is 28.7 Å². The lowest BCUT2D eigenvalue weighted by atomic mass is 9.68. The van der Waals surface area contributed by atoms with Gasteiger partial charge >= 0.3 is 11.9 Å². The molecule has 10 nitrogen and oxygen atoms in total. The minimum absolute atomic E-state index is 0.0167. The number of hydrogen-bond donors (Lipinski definition) is 1. The van der Waals surface area contributed by atoms with Crippen molar-refractivity contribution in [2.24, 2.45) is 16.6 Å². The number of nitro groups is 1. The second kappa shape index (κ2) is 14.5. The van der Waals surface area contributed by atoms with Crippen LogP contribution in [-0.2, 0) is 24.5 Å². The summed E-state index contributed by atoms with van der Waals surface area (Å²) in [4.78, 5) is 44.1. The highest BCUT2D eigenvalue weighted by Gasteiger charge is 2.43. The highest BCUT2D eigenvalue weighted by Crippen LogP contribution is 2.42. The average Bonchev–Trinajstić information content (AvgIpc) is 3.07. The van der Waals surface area contributed by atoms with Gasteiger partial charge in [-0.05, 0) is 62.9 Å². The molecule has 0 spiro atoms. The molecule has 0 aliphatic carbocycles. The molecule has 3 aromatic carbocycles. The maximum atomic E-state index is 13.6.